The van der Waals surface area contributed by atoms with Crippen molar-refractivity contribution < 1.29 is 28.3 Å². The molecule has 0 N–H and O–H groups in total. The van der Waals surface area contributed by atoms with Crippen molar-refractivity contribution in [1.29, 1.82) is 0 Å². The van der Waals surface area contributed by atoms with Gasteiger partial charge in [-0.2, -0.15) is 0 Å². The number of nitrogens with zero attached hydrogens (tertiary/aromatic N) is 3. The Hall–Kier alpha value is -4.97. The third-order valence-corrected chi connectivity index (χ3v) is 7.96. The monoisotopic (exact) mass is 617 g/mol. The fraction of sp³-hybridized carbons (Fsp3) is 0.281. The van der Waals surface area contributed by atoms with E-state index in [1.165, 1.54) is 17.7 Å². The van der Waals surface area contributed by atoms with Gasteiger partial charge in [0, 0.05) is 23.3 Å². The summed E-state index contributed by atoms with van der Waals surface area (Å²) in [5, 5.41) is 11.4. The van der Waals surface area contributed by atoms with Gasteiger partial charge >= 0.3 is 5.97 Å². The Bertz CT molecular complexity index is 1980. The first-order valence-electron chi connectivity index (χ1n) is 13.9. The van der Waals surface area contributed by atoms with Gasteiger partial charge in [0.1, 0.15) is 11.5 Å². The van der Waals surface area contributed by atoms with Crippen LogP contribution in [0.2, 0.25) is 0 Å². The standard InChI is InChI=1S/C32H31N3O8S/c1-7-41-31(37)28-19(5)33-32-34(29(28)21-10-12-25(42-17(2)3)26(15-21)40-6)30(36)27(44-32)16-22-11-13-24(43-22)20-9-8-18(4)23(14-20)35(38)39/h8-17,29H,7H2,1-6H3/b27-16+/t29-/m1/s1. The van der Waals surface area contributed by atoms with Crippen LogP contribution in [0, 0.1) is 17.0 Å². The number of hydrogen-bond donors (Lipinski definition) is 0. The quantitative estimate of drug-likeness (QED) is 0.144. The van der Waals surface area contributed by atoms with Crippen LogP contribution in [0.5, 0.6) is 11.5 Å². The second kappa shape index (κ2) is 12.3. The highest BCUT2D eigenvalue weighted by Gasteiger charge is 2.34. The van der Waals surface area contributed by atoms with Crippen molar-refractivity contribution in [3.63, 3.8) is 0 Å². The summed E-state index contributed by atoms with van der Waals surface area (Å²) in [5.74, 6) is 1.21. The van der Waals surface area contributed by atoms with Gasteiger partial charge in [-0.15, -0.1) is 0 Å². The smallest absolute Gasteiger partial charge is 0.338 e. The van der Waals surface area contributed by atoms with Gasteiger partial charge in [-0.25, -0.2) is 9.79 Å². The summed E-state index contributed by atoms with van der Waals surface area (Å²) in [4.78, 5) is 43.2. The SMILES string of the molecule is CCOC(=O)C1=C(C)N=c2s/c(=C/c3ccc(-c4ccc(C)c([N+](=O)[O-])c4)o3)c(=O)n2[C@@H]1c1ccc(OC(C)C)c(OC)c1. The third-order valence-electron chi connectivity index (χ3n) is 6.97. The number of esters is 1. The Labute approximate surface area is 256 Å². The van der Waals surface area contributed by atoms with E-state index in [1.54, 1.807) is 69.3 Å². The Balaban J connectivity index is 1.63. The van der Waals surface area contributed by atoms with E-state index in [1.807, 2.05) is 13.8 Å². The van der Waals surface area contributed by atoms with Crippen LogP contribution in [-0.2, 0) is 9.53 Å². The molecule has 2 aromatic heterocycles. The number of rotatable bonds is 9. The number of fused-ring (bicyclic) bond motifs is 1. The number of hydrogen-bond acceptors (Lipinski definition) is 10. The lowest BCUT2D eigenvalue weighted by Crippen LogP contribution is -2.40. The number of nitro benzene ring substituents is 1. The molecule has 0 saturated carbocycles. The molecule has 44 heavy (non-hydrogen) atoms. The van der Waals surface area contributed by atoms with Gasteiger partial charge in [-0.05, 0) is 64.4 Å². The van der Waals surface area contributed by atoms with Crippen LogP contribution < -0.4 is 24.4 Å². The number of aromatic nitrogens is 1. The van der Waals surface area contributed by atoms with Crippen molar-refractivity contribution in [3.05, 3.63) is 106 Å². The van der Waals surface area contributed by atoms with E-state index in [4.69, 9.17) is 18.6 Å². The van der Waals surface area contributed by atoms with Gasteiger partial charge in [-0.1, -0.05) is 29.5 Å². The van der Waals surface area contributed by atoms with Gasteiger partial charge in [-0.3, -0.25) is 19.5 Å². The van der Waals surface area contributed by atoms with Crippen molar-refractivity contribution >= 4 is 29.1 Å². The molecular weight excluding hydrogens is 586 g/mol. The molecule has 1 aliphatic rings. The summed E-state index contributed by atoms with van der Waals surface area (Å²) in [6.45, 7) is 9.06. The Kier molecular flexibility index (Phi) is 8.54. The van der Waals surface area contributed by atoms with E-state index in [0.717, 1.165) is 11.3 Å². The van der Waals surface area contributed by atoms with Crippen LogP contribution in [0.3, 0.4) is 0 Å². The summed E-state index contributed by atoms with van der Waals surface area (Å²) >= 11 is 1.16. The summed E-state index contributed by atoms with van der Waals surface area (Å²) in [6, 6.07) is 12.7. The van der Waals surface area contributed by atoms with E-state index >= 15 is 0 Å². The zero-order valence-electron chi connectivity index (χ0n) is 25.1. The number of thiazole rings is 1. The molecule has 0 fully saturated rings. The number of nitro groups is 1. The molecule has 228 valence electrons. The summed E-state index contributed by atoms with van der Waals surface area (Å²) in [5.41, 5.74) is 1.98. The van der Waals surface area contributed by atoms with Crippen molar-refractivity contribution in [1.82, 2.24) is 4.57 Å². The number of furan rings is 1. The van der Waals surface area contributed by atoms with Gasteiger partial charge in [0.2, 0.25) is 0 Å². The minimum atomic E-state index is -0.838. The average Bonchev–Trinajstić information content (AvgIpc) is 3.56. The number of carbonyl (C=O) groups excluding carboxylic acids is 1. The number of benzene rings is 2. The van der Waals surface area contributed by atoms with Crippen molar-refractivity contribution in [3.8, 4) is 22.8 Å². The number of methoxy groups -OCH3 is 1. The average molecular weight is 618 g/mol. The second-order valence-corrected chi connectivity index (χ2v) is 11.3. The molecule has 0 saturated heterocycles. The molecule has 0 unspecified atom stereocenters. The molecule has 1 atom stereocenters. The number of carbonyl (C=O) groups is 1. The predicted molar refractivity (Wildman–Crippen MR) is 165 cm³/mol. The highest BCUT2D eigenvalue weighted by atomic mass is 32.1. The van der Waals surface area contributed by atoms with E-state index < -0.39 is 16.9 Å². The molecular formula is C32H31N3O8S. The number of allylic oxidation sites excluding steroid dienone is 1. The molecule has 0 amide bonds. The summed E-state index contributed by atoms with van der Waals surface area (Å²) in [6.07, 6.45) is 1.50. The molecule has 0 aliphatic carbocycles. The molecule has 0 bridgehead atoms. The van der Waals surface area contributed by atoms with Crippen molar-refractivity contribution in [2.45, 2.75) is 46.8 Å². The number of aryl methyl sites for hydroxylation is 1. The lowest BCUT2D eigenvalue weighted by atomic mass is 9.95. The molecule has 11 nitrogen and oxygen atoms in total. The zero-order chi connectivity index (χ0) is 31.7. The molecule has 12 heteroatoms. The van der Waals surface area contributed by atoms with Gasteiger partial charge in [0.05, 0.1) is 46.6 Å². The second-order valence-electron chi connectivity index (χ2n) is 10.3. The molecule has 0 spiro atoms. The maximum Gasteiger partial charge on any atom is 0.338 e. The summed E-state index contributed by atoms with van der Waals surface area (Å²) < 4.78 is 24.6. The third kappa shape index (κ3) is 5.80. The first kappa shape index (κ1) is 30.5. The Morgan fingerprint density at radius 2 is 1.93 bits per heavy atom. The van der Waals surface area contributed by atoms with Crippen LogP contribution in [0.4, 0.5) is 5.69 Å². The minimum Gasteiger partial charge on any atom is -0.493 e. The Morgan fingerprint density at radius 3 is 2.61 bits per heavy atom. The van der Waals surface area contributed by atoms with Crippen LogP contribution in [0.15, 0.2) is 74.0 Å². The molecule has 0 radical (unpaired) electrons. The molecule has 1 aliphatic heterocycles. The lowest BCUT2D eigenvalue weighted by molar-refractivity contribution is -0.385. The van der Waals surface area contributed by atoms with Crippen LogP contribution >= 0.6 is 11.3 Å². The summed E-state index contributed by atoms with van der Waals surface area (Å²) in [7, 11) is 1.53. The molecule has 2 aromatic carbocycles. The highest BCUT2D eigenvalue weighted by molar-refractivity contribution is 7.07. The van der Waals surface area contributed by atoms with E-state index in [-0.39, 0.29) is 29.5 Å². The molecule has 4 aromatic rings. The van der Waals surface area contributed by atoms with Crippen molar-refractivity contribution in [2.75, 3.05) is 13.7 Å². The number of ether oxygens (including phenoxy) is 3. The normalized spacial score (nSPS) is 14.8. The maximum absolute atomic E-state index is 14.0. The molecule has 5 rings (SSSR count). The largest absolute Gasteiger partial charge is 0.493 e. The van der Waals surface area contributed by atoms with Gasteiger partial charge in [0.25, 0.3) is 11.2 Å². The fourth-order valence-electron chi connectivity index (χ4n) is 4.99. The van der Waals surface area contributed by atoms with Crippen LogP contribution in [0.25, 0.3) is 17.4 Å². The van der Waals surface area contributed by atoms with Crippen molar-refractivity contribution in [2.24, 2.45) is 4.99 Å². The fourth-order valence-corrected chi connectivity index (χ4v) is 6.01. The predicted octanol–water partition coefficient (Wildman–Crippen LogP) is 5.07. The van der Waals surface area contributed by atoms with E-state index in [2.05, 4.69) is 4.99 Å². The van der Waals surface area contributed by atoms with Crippen LogP contribution in [0.1, 0.15) is 50.6 Å². The van der Waals surface area contributed by atoms with E-state index in [0.29, 0.717) is 54.7 Å². The van der Waals surface area contributed by atoms with E-state index in [9.17, 15) is 19.7 Å². The minimum absolute atomic E-state index is 0.0121. The Morgan fingerprint density at radius 1 is 1.16 bits per heavy atom. The van der Waals surface area contributed by atoms with Crippen LogP contribution in [-0.4, -0.2) is 35.3 Å². The van der Waals surface area contributed by atoms with Gasteiger partial charge < -0.3 is 18.6 Å². The first-order valence-corrected chi connectivity index (χ1v) is 14.7. The van der Waals surface area contributed by atoms with Gasteiger partial charge in [0.15, 0.2) is 16.3 Å². The lowest BCUT2D eigenvalue weighted by Gasteiger charge is -2.25. The topological polar surface area (TPSA) is 135 Å². The first-order chi connectivity index (χ1) is 21.0. The molecule has 3 heterocycles. The maximum atomic E-state index is 14.0. The highest BCUT2D eigenvalue weighted by Crippen LogP contribution is 2.36. The zero-order valence-corrected chi connectivity index (χ0v) is 25.9.